The van der Waals surface area contributed by atoms with Crippen LogP contribution in [0.2, 0.25) is 10.3 Å². The van der Waals surface area contributed by atoms with E-state index in [1.54, 1.807) is 12.1 Å². The summed E-state index contributed by atoms with van der Waals surface area (Å²) in [6.45, 7) is 3.73. The van der Waals surface area contributed by atoms with Gasteiger partial charge in [0.25, 0.3) is 31.9 Å². The molecule has 5 rings (SSSR count). The third-order valence-corrected chi connectivity index (χ3v) is 8.86. The summed E-state index contributed by atoms with van der Waals surface area (Å²) in [7, 11) is -8.34. The number of aromatic nitrogens is 5. The van der Waals surface area contributed by atoms with Crippen LogP contribution in [0.3, 0.4) is 0 Å². The van der Waals surface area contributed by atoms with Crippen molar-refractivity contribution in [2.24, 2.45) is 0 Å². The molecule has 0 spiro atoms. The molecule has 0 saturated heterocycles. The standard InChI is InChI=1S/C19H18ClN5O4S.C11H9ClN4O3S/c1-11(2)29-16-9-6-12(10-22-16)18-13(7-8-14(20)23-18)19(26)25-30(27,28)17-5-3-4-15(21)24-17;12-8-5-4-7(6-14-8)11(17)16-20(18,19)10-3-1-2-9(13)15-10/h3-11H,1-2H3,(H2,21,24)(H,25,26);1-6H,(H2,13,15)(H,16,17). The number of carbonyl (C=O) groups excluding carboxylic acids is 2. The molecule has 2 amide bonds. The molecule has 0 saturated carbocycles. The van der Waals surface area contributed by atoms with Gasteiger partial charge in [0.15, 0.2) is 10.1 Å². The fourth-order valence-corrected chi connectivity index (χ4v) is 5.95. The molecule has 0 fully saturated rings. The maximum Gasteiger partial charge on any atom is 0.281 e. The number of carbonyl (C=O) groups is 2. The number of nitrogens with one attached hydrogen (secondary N) is 2. The Morgan fingerprint density at radius 3 is 1.78 bits per heavy atom. The Morgan fingerprint density at radius 2 is 1.28 bits per heavy atom. The van der Waals surface area contributed by atoms with Crippen molar-refractivity contribution in [2.45, 2.75) is 30.0 Å². The second-order valence-electron chi connectivity index (χ2n) is 10.1. The van der Waals surface area contributed by atoms with Crippen molar-refractivity contribution in [2.75, 3.05) is 11.5 Å². The molecule has 0 atom stereocenters. The first kappa shape index (κ1) is 37.4. The Balaban J connectivity index is 0.000000244. The number of ether oxygens (including phenoxy) is 1. The normalized spacial score (nSPS) is 11.2. The lowest BCUT2D eigenvalue weighted by molar-refractivity contribution is 0.0972. The second-order valence-corrected chi connectivity index (χ2v) is 14.2. The van der Waals surface area contributed by atoms with Gasteiger partial charge in [-0.05, 0) is 68.4 Å². The van der Waals surface area contributed by atoms with Crippen LogP contribution in [0.5, 0.6) is 5.88 Å². The smallest absolute Gasteiger partial charge is 0.281 e. The topological polar surface area (TPSA) is 252 Å². The predicted octanol–water partition coefficient (Wildman–Crippen LogP) is 3.51. The number of anilines is 2. The van der Waals surface area contributed by atoms with E-state index in [2.05, 4.69) is 24.9 Å². The molecule has 5 aromatic rings. The number of nitrogen functional groups attached to an aromatic ring is 2. The molecule has 0 aliphatic carbocycles. The first-order chi connectivity index (χ1) is 23.5. The molecule has 6 N–H and O–H groups in total. The fourth-order valence-electron chi connectivity index (χ4n) is 3.80. The number of halogens is 2. The van der Waals surface area contributed by atoms with Gasteiger partial charge in [-0.1, -0.05) is 35.3 Å². The molecule has 0 aromatic carbocycles. The van der Waals surface area contributed by atoms with Crippen LogP contribution in [0.15, 0.2) is 95.2 Å². The van der Waals surface area contributed by atoms with E-state index in [1.807, 2.05) is 23.3 Å². The van der Waals surface area contributed by atoms with E-state index in [1.165, 1.54) is 73.1 Å². The average molecular weight is 761 g/mol. The maximum absolute atomic E-state index is 12.8. The van der Waals surface area contributed by atoms with Crippen molar-refractivity contribution in [3.63, 3.8) is 0 Å². The fraction of sp³-hybridized carbons (Fsp3) is 0.100. The Bertz CT molecular complexity index is 2240. The van der Waals surface area contributed by atoms with Crippen molar-refractivity contribution in [1.82, 2.24) is 34.4 Å². The Kier molecular flexibility index (Phi) is 11.9. The molecule has 16 nitrogen and oxygen atoms in total. The van der Waals surface area contributed by atoms with Crippen LogP contribution < -0.4 is 25.6 Å². The minimum Gasteiger partial charge on any atom is -0.475 e. The van der Waals surface area contributed by atoms with E-state index in [4.69, 9.17) is 39.4 Å². The molecule has 0 aliphatic rings. The van der Waals surface area contributed by atoms with E-state index < -0.39 is 31.9 Å². The highest BCUT2D eigenvalue weighted by atomic mass is 35.5. The van der Waals surface area contributed by atoms with Crippen molar-refractivity contribution >= 4 is 66.7 Å². The lowest BCUT2D eigenvalue weighted by atomic mass is 10.1. The Morgan fingerprint density at radius 1 is 0.700 bits per heavy atom. The highest BCUT2D eigenvalue weighted by Crippen LogP contribution is 2.25. The monoisotopic (exact) mass is 759 g/mol. The molecule has 50 heavy (non-hydrogen) atoms. The first-order valence-corrected chi connectivity index (χ1v) is 17.8. The van der Waals surface area contributed by atoms with Crippen molar-refractivity contribution in [1.29, 1.82) is 0 Å². The summed E-state index contributed by atoms with van der Waals surface area (Å²) in [5, 5.41) is -0.393. The van der Waals surface area contributed by atoms with Crippen LogP contribution >= 0.6 is 23.2 Å². The van der Waals surface area contributed by atoms with Crippen LogP contribution in [-0.2, 0) is 20.0 Å². The van der Waals surface area contributed by atoms with Gasteiger partial charge in [0.2, 0.25) is 5.88 Å². The molecule has 5 aromatic heterocycles. The highest BCUT2D eigenvalue weighted by Gasteiger charge is 2.24. The zero-order valence-corrected chi connectivity index (χ0v) is 29.1. The van der Waals surface area contributed by atoms with Crippen molar-refractivity contribution in [3.05, 3.63) is 107 Å². The molecule has 0 unspecified atom stereocenters. The lowest BCUT2D eigenvalue weighted by Gasteiger charge is -2.12. The van der Waals surface area contributed by atoms with E-state index in [0.717, 1.165) is 0 Å². The number of rotatable bonds is 9. The van der Waals surface area contributed by atoms with Gasteiger partial charge in [-0.2, -0.15) is 16.8 Å². The average Bonchev–Trinajstić information content (AvgIpc) is 3.05. The number of pyridine rings is 5. The predicted molar refractivity (Wildman–Crippen MR) is 184 cm³/mol. The summed E-state index contributed by atoms with van der Waals surface area (Å²) in [6.07, 6.45) is 2.57. The number of sulfonamides is 2. The number of amides is 2. The molecule has 260 valence electrons. The molecule has 0 radical (unpaired) electrons. The lowest BCUT2D eigenvalue weighted by Crippen LogP contribution is -2.31. The van der Waals surface area contributed by atoms with Crippen LogP contribution in [0.1, 0.15) is 34.6 Å². The number of nitrogens with two attached hydrogens (primary N) is 2. The number of hydrogen-bond acceptors (Lipinski definition) is 14. The van der Waals surface area contributed by atoms with E-state index in [9.17, 15) is 26.4 Å². The quantitative estimate of drug-likeness (QED) is 0.157. The van der Waals surface area contributed by atoms with Gasteiger partial charge >= 0.3 is 0 Å². The van der Waals surface area contributed by atoms with Gasteiger partial charge in [-0.3, -0.25) is 9.59 Å². The molecule has 5 heterocycles. The molecular weight excluding hydrogens is 733 g/mol. The summed E-state index contributed by atoms with van der Waals surface area (Å²) in [5.74, 6) is -1.29. The van der Waals surface area contributed by atoms with Gasteiger partial charge in [0.05, 0.1) is 22.9 Å². The Labute approximate surface area is 296 Å². The molecular formula is C30H27Cl2N9O7S2. The number of nitrogens with zero attached hydrogens (tertiary/aromatic N) is 5. The van der Waals surface area contributed by atoms with Gasteiger partial charge in [0, 0.05) is 24.0 Å². The molecule has 0 bridgehead atoms. The zero-order valence-electron chi connectivity index (χ0n) is 26.0. The highest BCUT2D eigenvalue weighted by molar-refractivity contribution is 7.90. The summed E-state index contributed by atoms with van der Waals surface area (Å²) in [4.78, 5) is 44.0. The number of hydrogen-bond donors (Lipinski definition) is 4. The van der Waals surface area contributed by atoms with Gasteiger partial charge in [-0.15, -0.1) is 0 Å². The van der Waals surface area contributed by atoms with Crippen LogP contribution in [0.4, 0.5) is 11.6 Å². The summed E-state index contributed by atoms with van der Waals surface area (Å²) < 4.78 is 58.2. The van der Waals surface area contributed by atoms with Crippen molar-refractivity contribution < 1.29 is 31.2 Å². The maximum atomic E-state index is 12.8. The molecule has 0 aliphatic heterocycles. The van der Waals surface area contributed by atoms with Gasteiger partial charge in [-0.25, -0.2) is 34.4 Å². The van der Waals surface area contributed by atoms with Crippen LogP contribution in [0.25, 0.3) is 11.3 Å². The summed E-state index contributed by atoms with van der Waals surface area (Å²) in [5.41, 5.74) is 11.6. The third-order valence-electron chi connectivity index (χ3n) is 5.96. The largest absolute Gasteiger partial charge is 0.475 e. The van der Waals surface area contributed by atoms with E-state index >= 15 is 0 Å². The third kappa shape index (κ3) is 10.0. The minimum absolute atomic E-state index is 0.00814. The first-order valence-electron chi connectivity index (χ1n) is 14.0. The van der Waals surface area contributed by atoms with E-state index in [0.29, 0.717) is 11.4 Å². The summed E-state index contributed by atoms with van der Waals surface area (Å²) >= 11 is 11.6. The Hall–Kier alpha value is -5.43. The molecule has 20 heteroatoms. The summed E-state index contributed by atoms with van der Waals surface area (Å²) in [6, 6.07) is 16.9. The van der Waals surface area contributed by atoms with E-state index in [-0.39, 0.29) is 54.9 Å². The second kappa shape index (κ2) is 15.9. The van der Waals surface area contributed by atoms with Crippen molar-refractivity contribution in [3.8, 4) is 17.1 Å². The minimum atomic E-state index is -4.25. The van der Waals surface area contributed by atoms with Gasteiger partial charge < -0.3 is 16.2 Å². The SMILES string of the molecule is CC(C)Oc1ccc(-c2nc(Cl)ccc2C(=O)NS(=O)(=O)c2cccc(N)n2)cn1.Nc1cccc(S(=O)(=O)NC(=O)c2ccc(Cl)nc2)n1. The zero-order chi connectivity index (χ0) is 36.6. The van der Waals surface area contributed by atoms with Gasteiger partial charge in [0.1, 0.15) is 21.9 Å². The van der Waals surface area contributed by atoms with Crippen LogP contribution in [0, 0.1) is 0 Å². The van der Waals surface area contributed by atoms with Crippen LogP contribution in [-0.4, -0.2) is 59.7 Å².